The summed E-state index contributed by atoms with van der Waals surface area (Å²) in [4.78, 5) is 16.0. The van der Waals surface area contributed by atoms with Gasteiger partial charge in [0, 0.05) is 24.3 Å². The molecule has 2 aromatic rings. The van der Waals surface area contributed by atoms with E-state index in [2.05, 4.69) is 10.3 Å². The Hall–Kier alpha value is -1.66. The molecule has 2 heterocycles. The average molecular weight is 251 g/mol. The second-order valence-corrected chi connectivity index (χ2v) is 4.60. The van der Waals surface area contributed by atoms with Gasteiger partial charge in [0.2, 0.25) is 0 Å². The van der Waals surface area contributed by atoms with Gasteiger partial charge in [0.15, 0.2) is 0 Å². The van der Waals surface area contributed by atoms with Crippen molar-refractivity contribution in [2.75, 3.05) is 6.54 Å². The molecule has 6 heteroatoms. The predicted octanol–water partition coefficient (Wildman–Crippen LogP) is 1.25. The zero-order valence-corrected chi connectivity index (χ0v) is 10.1. The van der Waals surface area contributed by atoms with E-state index in [1.807, 2.05) is 35.3 Å². The lowest BCUT2D eigenvalue weighted by atomic mass is 10.2. The Morgan fingerprint density at radius 1 is 1.71 bits per heavy atom. The van der Waals surface area contributed by atoms with Gasteiger partial charge in [-0.25, -0.2) is 4.98 Å². The van der Waals surface area contributed by atoms with Gasteiger partial charge in [-0.3, -0.25) is 10.1 Å². The third-order valence-electron chi connectivity index (χ3n) is 2.40. The average Bonchev–Trinajstić information content (AvgIpc) is 2.91. The summed E-state index contributed by atoms with van der Waals surface area (Å²) in [6.45, 7) is -0.0879. The van der Waals surface area contributed by atoms with Gasteiger partial charge in [-0.2, -0.15) is 0 Å². The van der Waals surface area contributed by atoms with Crippen molar-refractivity contribution in [3.63, 3.8) is 0 Å². The molecule has 0 spiro atoms. The SMILES string of the molecule is Cn1ccnc1C(NCC(=O)O)c1cccs1. The molecule has 0 radical (unpaired) electrons. The fourth-order valence-electron chi connectivity index (χ4n) is 1.62. The number of carboxylic acids is 1. The van der Waals surface area contributed by atoms with E-state index in [9.17, 15) is 4.79 Å². The van der Waals surface area contributed by atoms with Crippen molar-refractivity contribution in [1.82, 2.24) is 14.9 Å². The molecule has 5 nitrogen and oxygen atoms in total. The molecule has 0 aliphatic heterocycles. The number of thiophene rings is 1. The summed E-state index contributed by atoms with van der Waals surface area (Å²) in [6, 6.07) is 3.74. The van der Waals surface area contributed by atoms with Crippen LogP contribution in [0.3, 0.4) is 0 Å². The predicted molar refractivity (Wildman–Crippen MR) is 65.0 cm³/mol. The standard InChI is InChI=1S/C11H13N3O2S/c1-14-5-4-12-11(14)10(13-7-9(15)16)8-3-2-6-17-8/h2-6,10,13H,7H2,1H3,(H,15,16). The number of hydrogen-bond acceptors (Lipinski definition) is 4. The number of carbonyl (C=O) groups is 1. The largest absolute Gasteiger partial charge is 0.480 e. The monoisotopic (exact) mass is 251 g/mol. The summed E-state index contributed by atoms with van der Waals surface area (Å²) in [6.07, 6.45) is 3.55. The van der Waals surface area contributed by atoms with Gasteiger partial charge in [0.05, 0.1) is 6.54 Å². The Morgan fingerprint density at radius 2 is 2.53 bits per heavy atom. The maximum absolute atomic E-state index is 10.6. The number of carboxylic acid groups (broad SMARTS) is 1. The second-order valence-electron chi connectivity index (χ2n) is 3.62. The lowest BCUT2D eigenvalue weighted by molar-refractivity contribution is -0.136. The first-order valence-corrected chi connectivity index (χ1v) is 6.02. The van der Waals surface area contributed by atoms with Gasteiger partial charge in [0.25, 0.3) is 0 Å². The number of hydrogen-bond donors (Lipinski definition) is 2. The summed E-state index contributed by atoms with van der Waals surface area (Å²) in [7, 11) is 1.89. The van der Waals surface area contributed by atoms with Crippen molar-refractivity contribution in [3.8, 4) is 0 Å². The van der Waals surface area contributed by atoms with Crippen molar-refractivity contribution in [3.05, 3.63) is 40.6 Å². The molecule has 2 aromatic heterocycles. The van der Waals surface area contributed by atoms with E-state index in [-0.39, 0.29) is 12.6 Å². The Balaban J connectivity index is 2.25. The highest BCUT2D eigenvalue weighted by Gasteiger charge is 2.19. The van der Waals surface area contributed by atoms with E-state index in [0.29, 0.717) is 0 Å². The number of aromatic nitrogens is 2. The maximum atomic E-state index is 10.6. The highest BCUT2D eigenvalue weighted by atomic mass is 32.1. The molecule has 0 aliphatic rings. The lowest BCUT2D eigenvalue weighted by Crippen LogP contribution is -2.29. The number of aryl methyl sites for hydroxylation is 1. The van der Waals surface area contributed by atoms with Crippen LogP contribution in [-0.2, 0) is 11.8 Å². The first-order chi connectivity index (χ1) is 8.18. The number of imidazole rings is 1. The highest BCUT2D eigenvalue weighted by molar-refractivity contribution is 7.10. The van der Waals surface area contributed by atoms with Gasteiger partial charge in [-0.1, -0.05) is 6.07 Å². The molecule has 0 saturated heterocycles. The zero-order chi connectivity index (χ0) is 12.3. The quantitative estimate of drug-likeness (QED) is 0.839. The third kappa shape index (κ3) is 2.72. The smallest absolute Gasteiger partial charge is 0.317 e. The van der Waals surface area contributed by atoms with Gasteiger partial charge < -0.3 is 9.67 Å². The molecule has 0 bridgehead atoms. The molecule has 1 unspecified atom stereocenters. The van der Waals surface area contributed by atoms with Crippen molar-refractivity contribution in [2.24, 2.45) is 7.05 Å². The Labute approximate surface area is 103 Å². The van der Waals surface area contributed by atoms with Gasteiger partial charge in [-0.05, 0) is 11.4 Å². The van der Waals surface area contributed by atoms with Crippen molar-refractivity contribution in [1.29, 1.82) is 0 Å². The van der Waals surface area contributed by atoms with Crippen LogP contribution in [0, 0.1) is 0 Å². The molecular weight excluding hydrogens is 238 g/mol. The summed E-state index contributed by atoms with van der Waals surface area (Å²) in [5.74, 6) is -0.0607. The molecule has 2 rings (SSSR count). The molecule has 90 valence electrons. The van der Waals surface area contributed by atoms with Gasteiger partial charge in [0.1, 0.15) is 11.9 Å². The van der Waals surface area contributed by atoms with Crippen LogP contribution in [0.1, 0.15) is 16.7 Å². The minimum Gasteiger partial charge on any atom is -0.480 e. The molecule has 0 aliphatic carbocycles. The van der Waals surface area contributed by atoms with Crippen molar-refractivity contribution in [2.45, 2.75) is 6.04 Å². The van der Waals surface area contributed by atoms with Crippen LogP contribution in [0.2, 0.25) is 0 Å². The van der Waals surface area contributed by atoms with Crippen LogP contribution < -0.4 is 5.32 Å². The molecule has 0 saturated carbocycles. The summed E-state index contributed by atoms with van der Waals surface area (Å²) < 4.78 is 1.89. The van der Waals surface area contributed by atoms with Crippen LogP contribution in [-0.4, -0.2) is 27.2 Å². The van der Waals surface area contributed by atoms with E-state index < -0.39 is 5.97 Å². The maximum Gasteiger partial charge on any atom is 0.317 e. The van der Waals surface area contributed by atoms with E-state index in [0.717, 1.165) is 10.7 Å². The van der Waals surface area contributed by atoms with Crippen LogP contribution in [0.15, 0.2) is 29.9 Å². The van der Waals surface area contributed by atoms with Crippen LogP contribution in [0.5, 0.6) is 0 Å². The van der Waals surface area contributed by atoms with Crippen molar-refractivity contribution < 1.29 is 9.90 Å². The zero-order valence-electron chi connectivity index (χ0n) is 9.33. The lowest BCUT2D eigenvalue weighted by Gasteiger charge is -2.15. The van der Waals surface area contributed by atoms with Gasteiger partial charge >= 0.3 is 5.97 Å². The minimum atomic E-state index is -0.874. The van der Waals surface area contributed by atoms with Crippen LogP contribution in [0.4, 0.5) is 0 Å². The topological polar surface area (TPSA) is 67.2 Å². The fourth-order valence-corrected chi connectivity index (χ4v) is 2.42. The second kappa shape index (κ2) is 5.11. The number of nitrogens with one attached hydrogen (secondary N) is 1. The molecule has 0 aromatic carbocycles. The van der Waals surface area contributed by atoms with Gasteiger partial charge in [-0.15, -0.1) is 11.3 Å². The first kappa shape index (κ1) is 11.8. The normalized spacial score (nSPS) is 12.5. The highest BCUT2D eigenvalue weighted by Crippen LogP contribution is 2.24. The summed E-state index contributed by atoms with van der Waals surface area (Å²) in [5.41, 5.74) is 0. The molecule has 0 fully saturated rings. The fraction of sp³-hybridized carbons (Fsp3) is 0.273. The molecular formula is C11H13N3O2S. The van der Waals surface area contributed by atoms with E-state index in [4.69, 9.17) is 5.11 Å². The molecule has 17 heavy (non-hydrogen) atoms. The Morgan fingerprint density at radius 3 is 3.06 bits per heavy atom. The molecule has 2 N–H and O–H groups in total. The number of aliphatic carboxylic acids is 1. The van der Waals surface area contributed by atoms with E-state index >= 15 is 0 Å². The van der Waals surface area contributed by atoms with Crippen LogP contribution >= 0.6 is 11.3 Å². The van der Waals surface area contributed by atoms with E-state index in [1.54, 1.807) is 17.5 Å². The first-order valence-electron chi connectivity index (χ1n) is 5.14. The van der Waals surface area contributed by atoms with Crippen molar-refractivity contribution >= 4 is 17.3 Å². The molecule has 1 atom stereocenters. The minimum absolute atomic E-state index is 0.0879. The van der Waals surface area contributed by atoms with Crippen LogP contribution in [0.25, 0.3) is 0 Å². The third-order valence-corrected chi connectivity index (χ3v) is 3.34. The Bertz CT molecular complexity index is 493. The van der Waals surface area contributed by atoms with E-state index in [1.165, 1.54) is 0 Å². The Kier molecular flexibility index (Phi) is 3.55. The molecule has 0 amide bonds. The number of nitrogens with zero attached hydrogens (tertiary/aromatic N) is 2. The summed E-state index contributed by atoms with van der Waals surface area (Å²) >= 11 is 1.58. The number of rotatable bonds is 5. The summed E-state index contributed by atoms with van der Waals surface area (Å²) in [5, 5.41) is 13.7.